The fourth-order valence-corrected chi connectivity index (χ4v) is 4.53. The minimum Gasteiger partial charge on any atom is -0.381 e. The molecule has 0 unspecified atom stereocenters. The highest BCUT2D eigenvalue weighted by Crippen LogP contribution is 2.28. The van der Waals surface area contributed by atoms with Gasteiger partial charge in [0.05, 0.1) is 29.6 Å². The van der Waals surface area contributed by atoms with Gasteiger partial charge < -0.3 is 15.0 Å². The summed E-state index contributed by atoms with van der Waals surface area (Å²) in [6.45, 7) is 4.55. The standard InChI is InChI=1S/C19H24N4O3S/c1-13-2-3-16(27-13)19(25)22-9-5-15(6-10-22)23-17(4-8-20-23)21-18(24)14-7-11-26-12-14/h2-4,8,14-15H,5-7,9-12H2,1H3,(H,21,24)/t14-/m0/s1. The number of aromatic nitrogens is 2. The highest BCUT2D eigenvalue weighted by molar-refractivity contribution is 7.13. The number of nitrogens with one attached hydrogen (secondary N) is 1. The number of likely N-dealkylation sites (tertiary alicyclic amines) is 1. The number of hydrogen-bond donors (Lipinski definition) is 1. The predicted molar refractivity (Wildman–Crippen MR) is 103 cm³/mol. The van der Waals surface area contributed by atoms with Crippen LogP contribution in [-0.2, 0) is 9.53 Å². The number of carbonyl (C=O) groups is 2. The van der Waals surface area contributed by atoms with Crippen LogP contribution in [0.5, 0.6) is 0 Å². The minimum absolute atomic E-state index is 0.00470. The second kappa shape index (κ2) is 7.82. The van der Waals surface area contributed by atoms with Gasteiger partial charge in [-0.15, -0.1) is 11.3 Å². The van der Waals surface area contributed by atoms with Crippen molar-refractivity contribution in [3.8, 4) is 0 Å². The van der Waals surface area contributed by atoms with Gasteiger partial charge in [-0.2, -0.15) is 5.10 Å². The molecule has 1 N–H and O–H groups in total. The predicted octanol–water partition coefficient (Wildman–Crippen LogP) is 2.71. The number of thiophene rings is 1. The van der Waals surface area contributed by atoms with Crippen LogP contribution in [0.1, 0.15) is 39.9 Å². The molecule has 27 heavy (non-hydrogen) atoms. The van der Waals surface area contributed by atoms with Gasteiger partial charge in [0.25, 0.3) is 5.91 Å². The number of carbonyl (C=O) groups excluding carboxylic acids is 2. The maximum absolute atomic E-state index is 12.6. The van der Waals surface area contributed by atoms with Gasteiger partial charge in [0.2, 0.25) is 5.91 Å². The zero-order valence-electron chi connectivity index (χ0n) is 15.4. The Bertz CT molecular complexity index is 817. The van der Waals surface area contributed by atoms with Gasteiger partial charge in [-0.1, -0.05) is 0 Å². The molecule has 2 aliphatic rings. The lowest BCUT2D eigenvalue weighted by atomic mass is 10.0. The lowest BCUT2D eigenvalue weighted by Gasteiger charge is -2.32. The lowest BCUT2D eigenvalue weighted by molar-refractivity contribution is -0.119. The fourth-order valence-electron chi connectivity index (χ4n) is 3.69. The third kappa shape index (κ3) is 3.91. The molecule has 2 aliphatic heterocycles. The summed E-state index contributed by atoms with van der Waals surface area (Å²) < 4.78 is 7.19. The number of anilines is 1. The molecule has 0 aliphatic carbocycles. The Hall–Kier alpha value is -2.19. The summed E-state index contributed by atoms with van der Waals surface area (Å²) in [5, 5.41) is 7.42. The highest BCUT2D eigenvalue weighted by atomic mass is 32.1. The van der Waals surface area contributed by atoms with Crippen LogP contribution in [0.3, 0.4) is 0 Å². The first-order chi connectivity index (χ1) is 13.1. The zero-order valence-corrected chi connectivity index (χ0v) is 16.2. The van der Waals surface area contributed by atoms with Gasteiger partial charge in [-0.25, -0.2) is 4.68 Å². The maximum Gasteiger partial charge on any atom is 0.263 e. The molecule has 0 bridgehead atoms. The Morgan fingerprint density at radius 2 is 2.04 bits per heavy atom. The molecular formula is C19H24N4O3S. The summed E-state index contributed by atoms with van der Waals surface area (Å²) in [7, 11) is 0. The smallest absolute Gasteiger partial charge is 0.263 e. The van der Waals surface area contributed by atoms with E-state index in [1.807, 2.05) is 34.7 Å². The Morgan fingerprint density at radius 3 is 2.70 bits per heavy atom. The highest BCUT2D eigenvalue weighted by Gasteiger charge is 2.28. The molecular weight excluding hydrogens is 364 g/mol. The van der Waals surface area contributed by atoms with Crippen LogP contribution in [0.2, 0.25) is 0 Å². The third-order valence-electron chi connectivity index (χ3n) is 5.27. The SMILES string of the molecule is Cc1ccc(C(=O)N2CCC(n3nccc3NC(=O)[C@H]3CCOC3)CC2)s1. The van der Waals surface area contributed by atoms with Crippen LogP contribution in [0.25, 0.3) is 0 Å². The third-order valence-corrected chi connectivity index (χ3v) is 6.26. The fraction of sp³-hybridized carbons (Fsp3) is 0.526. The second-order valence-electron chi connectivity index (χ2n) is 7.14. The van der Waals surface area contributed by atoms with E-state index in [-0.39, 0.29) is 23.8 Å². The van der Waals surface area contributed by atoms with Crippen LogP contribution in [0, 0.1) is 12.8 Å². The molecule has 2 saturated heterocycles. The minimum atomic E-state index is -0.0814. The van der Waals surface area contributed by atoms with Crippen molar-refractivity contribution in [2.75, 3.05) is 31.6 Å². The molecule has 144 valence electrons. The number of piperidine rings is 1. The Morgan fingerprint density at radius 1 is 1.22 bits per heavy atom. The summed E-state index contributed by atoms with van der Waals surface area (Å²) in [5.74, 6) is 0.754. The summed E-state index contributed by atoms with van der Waals surface area (Å²) in [6, 6.07) is 5.91. The van der Waals surface area contributed by atoms with E-state index in [1.165, 1.54) is 0 Å². The quantitative estimate of drug-likeness (QED) is 0.874. The van der Waals surface area contributed by atoms with E-state index < -0.39 is 0 Å². The normalized spacial score (nSPS) is 20.8. The van der Waals surface area contributed by atoms with Crippen molar-refractivity contribution in [1.82, 2.24) is 14.7 Å². The molecule has 4 heterocycles. The van der Waals surface area contributed by atoms with E-state index >= 15 is 0 Å². The second-order valence-corrected chi connectivity index (χ2v) is 8.43. The van der Waals surface area contributed by atoms with Crippen LogP contribution in [0.4, 0.5) is 5.82 Å². The molecule has 2 amide bonds. The van der Waals surface area contributed by atoms with E-state index in [0.717, 1.165) is 34.8 Å². The van der Waals surface area contributed by atoms with Gasteiger partial charge in [0.15, 0.2) is 0 Å². The first-order valence-electron chi connectivity index (χ1n) is 9.39. The number of amides is 2. The molecule has 7 nitrogen and oxygen atoms in total. The van der Waals surface area contributed by atoms with E-state index in [0.29, 0.717) is 26.3 Å². The van der Waals surface area contributed by atoms with Crippen molar-refractivity contribution in [2.24, 2.45) is 5.92 Å². The number of nitrogens with zero attached hydrogens (tertiary/aromatic N) is 3. The lowest BCUT2D eigenvalue weighted by Crippen LogP contribution is -2.39. The first-order valence-corrected chi connectivity index (χ1v) is 10.2. The molecule has 0 aromatic carbocycles. The Balaban J connectivity index is 1.36. The van der Waals surface area contributed by atoms with E-state index in [2.05, 4.69) is 10.4 Å². The van der Waals surface area contributed by atoms with E-state index in [4.69, 9.17) is 4.74 Å². The summed E-state index contributed by atoms with van der Waals surface area (Å²) in [4.78, 5) is 28.8. The van der Waals surface area contributed by atoms with Crippen molar-refractivity contribution in [2.45, 2.75) is 32.2 Å². The molecule has 0 radical (unpaired) electrons. The largest absolute Gasteiger partial charge is 0.381 e. The molecule has 0 saturated carbocycles. The van der Waals surface area contributed by atoms with Crippen molar-refractivity contribution in [1.29, 1.82) is 0 Å². The van der Waals surface area contributed by atoms with Crippen LogP contribution in [-0.4, -0.2) is 52.8 Å². The molecule has 4 rings (SSSR count). The number of rotatable bonds is 4. The van der Waals surface area contributed by atoms with E-state index in [9.17, 15) is 9.59 Å². The zero-order chi connectivity index (χ0) is 18.8. The van der Waals surface area contributed by atoms with Gasteiger partial charge in [-0.3, -0.25) is 9.59 Å². The number of hydrogen-bond acceptors (Lipinski definition) is 5. The maximum atomic E-state index is 12.6. The van der Waals surface area contributed by atoms with Crippen LogP contribution in [0.15, 0.2) is 24.4 Å². The monoisotopic (exact) mass is 388 g/mol. The summed E-state index contributed by atoms with van der Waals surface area (Å²) >= 11 is 1.54. The van der Waals surface area contributed by atoms with Gasteiger partial charge in [0.1, 0.15) is 5.82 Å². The van der Waals surface area contributed by atoms with Gasteiger partial charge in [0, 0.05) is 30.6 Å². The molecule has 2 aromatic heterocycles. The van der Waals surface area contributed by atoms with Crippen molar-refractivity contribution >= 4 is 29.0 Å². The molecule has 8 heteroatoms. The summed E-state index contributed by atoms with van der Waals surface area (Å²) in [5.41, 5.74) is 0. The molecule has 0 spiro atoms. The average molecular weight is 388 g/mol. The first kappa shape index (κ1) is 18.2. The van der Waals surface area contributed by atoms with Crippen LogP contribution >= 0.6 is 11.3 Å². The number of ether oxygens (including phenoxy) is 1. The van der Waals surface area contributed by atoms with Gasteiger partial charge in [-0.05, 0) is 38.3 Å². The molecule has 2 fully saturated rings. The van der Waals surface area contributed by atoms with Crippen molar-refractivity contribution in [3.63, 3.8) is 0 Å². The average Bonchev–Trinajstić information content (AvgIpc) is 3.43. The van der Waals surface area contributed by atoms with E-state index in [1.54, 1.807) is 17.5 Å². The topological polar surface area (TPSA) is 76.5 Å². The molecule has 1 atom stereocenters. The Kier molecular flexibility index (Phi) is 5.27. The summed E-state index contributed by atoms with van der Waals surface area (Å²) in [6.07, 6.45) is 4.13. The van der Waals surface area contributed by atoms with Crippen molar-refractivity contribution < 1.29 is 14.3 Å². The molecule has 2 aromatic rings. The van der Waals surface area contributed by atoms with Gasteiger partial charge >= 0.3 is 0 Å². The number of aryl methyl sites for hydroxylation is 1. The Labute approximate surface area is 162 Å². The van der Waals surface area contributed by atoms with Crippen LogP contribution < -0.4 is 5.32 Å². The van der Waals surface area contributed by atoms with Crippen molar-refractivity contribution in [3.05, 3.63) is 34.2 Å².